The Labute approximate surface area is 119 Å². The van der Waals surface area contributed by atoms with Gasteiger partial charge < -0.3 is 10.8 Å². The smallest absolute Gasteiger partial charge is 0.248 e. The lowest BCUT2D eigenvalue weighted by Gasteiger charge is -2.21. The molecule has 1 amide bonds. The molecular formula is C13H20N2O4S. The van der Waals surface area contributed by atoms with Crippen molar-refractivity contribution in [1.82, 2.24) is 4.72 Å². The van der Waals surface area contributed by atoms with Crippen LogP contribution in [0.3, 0.4) is 0 Å². The maximum Gasteiger partial charge on any atom is 0.248 e. The van der Waals surface area contributed by atoms with Gasteiger partial charge in [-0.1, -0.05) is 13.8 Å². The van der Waals surface area contributed by atoms with Crippen molar-refractivity contribution in [2.75, 3.05) is 6.61 Å². The van der Waals surface area contributed by atoms with Gasteiger partial charge in [0.25, 0.3) is 0 Å². The van der Waals surface area contributed by atoms with Crippen LogP contribution in [-0.2, 0) is 10.0 Å². The number of hydrogen-bond donors (Lipinski definition) is 3. The number of aliphatic hydroxyl groups is 1. The second-order valence-electron chi connectivity index (χ2n) is 4.87. The van der Waals surface area contributed by atoms with Gasteiger partial charge in [0.15, 0.2) is 0 Å². The number of aliphatic hydroxyl groups excluding tert-OH is 1. The van der Waals surface area contributed by atoms with Gasteiger partial charge in [0.2, 0.25) is 15.9 Å². The number of carbonyl (C=O) groups is 1. The predicted octanol–water partition coefficient (Wildman–Crippen LogP) is 0.471. The number of sulfonamides is 1. The van der Waals surface area contributed by atoms with Gasteiger partial charge in [-0.2, -0.15) is 0 Å². The van der Waals surface area contributed by atoms with Crippen molar-refractivity contribution < 1.29 is 18.3 Å². The molecule has 112 valence electrons. The zero-order valence-corrected chi connectivity index (χ0v) is 12.4. The number of hydrogen-bond acceptors (Lipinski definition) is 4. The molecule has 0 saturated carbocycles. The molecule has 7 heteroatoms. The molecule has 1 atom stereocenters. The van der Waals surface area contributed by atoms with Gasteiger partial charge in [-0.05, 0) is 36.6 Å². The van der Waals surface area contributed by atoms with Gasteiger partial charge in [0.05, 0.1) is 4.90 Å². The lowest BCUT2D eigenvalue weighted by atomic mass is 10.0. The first-order chi connectivity index (χ1) is 9.27. The Morgan fingerprint density at radius 3 is 2.25 bits per heavy atom. The number of rotatable bonds is 7. The molecule has 0 aliphatic heterocycles. The van der Waals surface area contributed by atoms with Crippen LogP contribution in [0.2, 0.25) is 0 Å². The summed E-state index contributed by atoms with van der Waals surface area (Å²) in [5.41, 5.74) is 5.35. The number of nitrogens with two attached hydrogens (primary N) is 1. The first kappa shape index (κ1) is 16.6. The van der Waals surface area contributed by atoms with Crippen LogP contribution in [-0.4, -0.2) is 32.1 Å². The summed E-state index contributed by atoms with van der Waals surface area (Å²) in [6.45, 7) is 3.66. The molecule has 1 unspecified atom stereocenters. The maximum atomic E-state index is 12.2. The molecule has 6 nitrogen and oxygen atoms in total. The number of benzene rings is 1. The summed E-state index contributed by atoms with van der Waals surface area (Å²) in [5, 5.41) is 8.96. The standard InChI is InChI=1S/C13H20N2O4S/c1-9(2)12(7-8-16)15-20(18,19)11-5-3-10(4-6-11)13(14)17/h3-6,9,12,15-16H,7-8H2,1-2H3,(H2,14,17). The number of amides is 1. The third-order valence-corrected chi connectivity index (χ3v) is 4.51. The summed E-state index contributed by atoms with van der Waals surface area (Å²) < 4.78 is 26.9. The molecule has 0 fully saturated rings. The average Bonchev–Trinajstić information content (AvgIpc) is 2.38. The van der Waals surface area contributed by atoms with Crippen molar-refractivity contribution in [3.05, 3.63) is 29.8 Å². The fraction of sp³-hybridized carbons (Fsp3) is 0.462. The van der Waals surface area contributed by atoms with Crippen molar-refractivity contribution in [3.63, 3.8) is 0 Å². The van der Waals surface area contributed by atoms with E-state index in [0.29, 0.717) is 6.42 Å². The van der Waals surface area contributed by atoms with Crippen LogP contribution in [0.5, 0.6) is 0 Å². The fourth-order valence-corrected chi connectivity index (χ4v) is 3.15. The van der Waals surface area contributed by atoms with E-state index in [1.54, 1.807) is 0 Å². The zero-order chi connectivity index (χ0) is 15.3. The highest BCUT2D eigenvalue weighted by atomic mass is 32.2. The molecule has 0 saturated heterocycles. The molecule has 0 spiro atoms. The van der Waals surface area contributed by atoms with E-state index in [1.807, 2.05) is 13.8 Å². The second-order valence-corrected chi connectivity index (χ2v) is 6.59. The van der Waals surface area contributed by atoms with E-state index < -0.39 is 15.9 Å². The van der Waals surface area contributed by atoms with Gasteiger partial charge in [0, 0.05) is 18.2 Å². The highest BCUT2D eigenvalue weighted by molar-refractivity contribution is 7.89. The Kier molecular flexibility index (Phi) is 5.67. The lowest BCUT2D eigenvalue weighted by molar-refractivity contribution is 0.1000. The number of nitrogens with one attached hydrogen (secondary N) is 1. The third kappa shape index (κ3) is 4.29. The van der Waals surface area contributed by atoms with Crippen LogP contribution in [0.25, 0.3) is 0 Å². The van der Waals surface area contributed by atoms with Crippen LogP contribution < -0.4 is 10.5 Å². The Bertz CT molecular complexity index is 552. The van der Waals surface area contributed by atoms with E-state index in [0.717, 1.165) is 0 Å². The molecule has 1 rings (SSSR count). The van der Waals surface area contributed by atoms with Crippen LogP contribution >= 0.6 is 0 Å². The molecule has 1 aromatic rings. The predicted molar refractivity (Wildman–Crippen MR) is 75.6 cm³/mol. The van der Waals surface area contributed by atoms with Gasteiger partial charge >= 0.3 is 0 Å². The Hall–Kier alpha value is -1.44. The van der Waals surface area contributed by atoms with E-state index in [4.69, 9.17) is 10.8 Å². The summed E-state index contributed by atoms with van der Waals surface area (Å²) >= 11 is 0. The van der Waals surface area contributed by atoms with E-state index in [2.05, 4.69) is 4.72 Å². The number of carbonyl (C=O) groups excluding carboxylic acids is 1. The lowest BCUT2D eigenvalue weighted by Crippen LogP contribution is -2.39. The molecule has 0 heterocycles. The van der Waals surface area contributed by atoms with Gasteiger partial charge in [-0.15, -0.1) is 0 Å². The minimum Gasteiger partial charge on any atom is -0.396 e. The molecule has 0 aliphatic rings. The average molecular weight is 300 g/mol. The quantitative estimate of drug-likeness (QED) is 0.680. The highest BCUT2D eigenvalue weighted by Crippen LogP contribution is 2.14. The van der Waals surface area contributed by atoms with Crippen LogP contribution in [0.4, 0.5) is 0 Å². The van der Waals surface area contributed by atoms with Gasteiger partial charge in [0.1, 0.15) is 0 Å². The van der Waals surface area contributed by atoms with Crippen molar-refractivity contribution >= 4 is 15.9 Å². The normalized spacial score (nSPS) is 13.4. The molecule has 1 aromatic carbocycles. The molecular weight excluding hydrogens is 280 g/mol. The van der Waals surface area contributed by atoms with E-state index in [-0.39, 0.29) is 29.0 Å². The van der Waals surface area contributed by atoms with Crippen LogP contribution in [0, 0.1) is 5.92 Å². The Morgan fingerprint density at radius 2 is 1.85 bits per heavy atom. The molecule has 4 N–H and O–H groups in total. The van der Waals surface area contributed by atoms with Gasteiger partial charge in [-0.25, -0.2) is 13.1 Å². The summed E-state index contributed by atoms with van der Waals surface area (Å²) in [6.07, 6.45) is 0.344. The molecule has 0 aliphatic carbocycles. The summed E-state index contributed by atoms with van der Waals surface area (Å²) in [4.78, 5) is 11.0. The monoisotopic (exact) mass is 300 g/mol. The van der Waals surface area contributed by atoms with Crippen LogP contribution in [0.1, 0.15) is 30.6 Å². The van der Waals surface area contributed by atoms with E-state index >= 15 is 0 Å². The van der Waals surface area contributed by atoms with Crippen molar-refractivity contribution in [2.24, 2.45) is 11.7 Å². The van der Waals surface area contributed by atoms with Crippen molar-refractivity contribution in [1.29, 1.82) is 0 Å². The minimum atomic E-state index is -3.68. The van der Waals surface area contributed by atoms with Crippen LogP contribution in [0.15, 0.2) is 29.2 Å². The molecule has 0 bridgehead atoms. The molecule has 20 heavy (non-hydrogen) atoms. The first-order valence-corrected chi connectivity index (χ1v) is 7.79. The topological polar surface area (TPSA) is 109 Å². The SMILES string of the molecule is CC(C)C(CCO)NS(=O)(=O)c1ccc(C(N)=O)cc1. The molecule has 0 radical (unpaired) electrons. The van der Waals surface area contributed by atoms with Crippen molar-refractivity contribution in [2.45, 2.75) is 31.2 Å². The fourth-order valence-electron chi connectivity index (χ4n) is 1.73. The maximum absolute atomic E-state index is 12.2. The summed E-state index contributed by atoms with van der Waals surface area (Å²) in [7, 11) is -3.68. The molecule has 0 aromatic heterocycles. The summed E-state index contributed by atoms with van der Waals surface area (Å²) in [5.74, 6) is -0.552. The number of primary amides is 1. The van der Waals surface area contributed by atoms with Gasteiger partial charge in [-0.3, -0.25) is 4.79 Å². The minimum absolute atomic E-state index is 0.0572. The highest BCUT2D eigenvalue weighted by Gasteiger charge is 2.22. The Balaban J connectivity index is 2.95. The largest absolute Gasteiger partial charge is 0.396 e. The third-order valence-electron chi connectivity index (χ3n) is 3.00. The van der Waals surface area contributed by atoms with Crippen molar-refractivity contribution in [3.8, 4) is 0 Å². The summed E-state index contributed by atoms with van der Waals surface area (Å²) in [6, 6.07) is 5.05. The van der Waals surface area contributed by atoms with E-state index in [9.17, 15) is 13.2 Å². The van der Waals surface area contributed by atoms with E-state index in [1.165, 1.54) is 24.3 Å². The second kappa shape index (κ2) is 6.83. The Morgan fingerprint density at radius 1 is 1.30 bits per heavy atom. The zero-order valence-electron chi connectivity index (χ0n) is 11.5. The first-order valence-electron chi connectivity index (χ1n) is 6.31.